The lowest BCUT2D eigenvalue weighted by atomic mass is 10.2. The first-order valence-corrected chi connectivity index (χ1v) is 6.13. The van der Waals surface area contributed by atoms with E-state index in [1.807, 2.05) is 37.2 Å². The third-order valence-electron chi connectivity index (χ3n) is 3.06. The number of hydrogen-bond acceptors (Lipinski definition) is 4. The first kappa shape index (κ1) is 13.9. The van der Waals surface area contributed by atoms with E-state index in [-0.39, 0.29) is 18.7 Å². The van der Waals surface area contributed by atoms with Gasteiger partial charge in [0.05, 0.1) is 24.2 Å². The maximum Gasteiger partial charge on any atom is 0.0632 e. The molecule has 1 aromatic heterocycles. The van der Waals surface area contributed by atoms with Crippen LogP contribution in [0.3, 0.4) is 0 Å². The van der Waals surface area contributed by atoms with Crippen molar-refractivity contribution >= 4 is 5.69 Å². The first-order chi connectivity index (χ1) is 8.10. The predicted molar refractivity (Wildman–Crippen MR) is 71.3 cm³/mol. The standard InChI is InChI=1S/C13H23N3O/c1-5-14-11(3)13-7-6-12(8-15-13)16(4)10(2)9-17/h6-8,10-11,14,17H,5,9H2,1-4H3. The first-order valence-electron chi connectivity index (χ1n) is 6.13. The molecular formula is C13H23N3O. The fourth-order valence-corrected chi connectivity index (χ4v) is 1.65. The molecule has 0 fully saturated rings. The molecule has 0 amide bonds. The summed E-state index contributed by atoms with van der Waals surface area (Å²) in [5, 5.41) is 12.4. The maximum absolute atomic E-state index is 9.11. The van der Waals surface area contributed by atoms with Gasteiger partial charge in [0, 0.05) is 19.1 Å². The Bertz CT molecular complexity index is 326. The van der Waals surface area contributed by atoms with Gasteiger partial charge in [-0.3, -0.25) is 4.98 Å². The van der Waals surface area contributed by atoms with Gasteiger partial charge in [0.2, 0.25) is 0 Å². The molecule has 0 radical (unpaired) electrons. The summed E-state index contributed by atoms with van der Waals surface area (Å²) < 4.78 is 0. The Hall–Kier alpha value is -1.13. The van der Waals surface area contributed by atoms with Crippen molar-refractivity contribution in [2.45, 2.75) is 32.9 Å². The molecule has 0 aliphatic carbocycles. The van der Waals surface area contributed by atoms with Crippen LogP contribution in [0.1, 0.15) is 32.5 Å². The van der Waals surface area contributed by atoms with Crippen LogP contribution in [0.4, 0.5) is 5.69 Å². The summed E-state index contributed by atoms with van der Waals surface area (Å²) in [6.07, 6.45) is 1.86. The molecule has 0 saturated carbocycles. The Kier molecular flexibility index (Phi) is 5.38. The zero-order valence-electron chi connectivity index (χ0n) is 11.1. The minimum absolute atomic E-state index is 0.105. The van der Waals surface area contributed by atoms with E-state index < -0.39 is 0 Å². The number of pyridine rings is 1. The van der Waals surface area contributed by atoms with E-state index in [1.54, 1.807) is 0 Å². The lowest BCUT2D eigenvalue weighted by Crippen LogP contribution is -2.31. The van der Waals surface area contributed by atoms with Crippen LogP contribution in [-0.2, 0) is 0 Å². The molecule has 0 bridgehead atoms. The minimum Gasteiger partial charge on any atom is -0.394 e. The predicted octanol–water partition coefficient (Wildman–Crippen LogP) is 1.57. The number of likely N-dealkylation sites (N-methyl/N-ethyl adjacent to an activating group) is 1. The fraction of sp³-hybridized carbons (Fsp3) is 0.615. The molecule has 1 rings (SSSR count). The summed E-state index contributed by atoms with van der Waals surface area (Å²) in [7, 11) is 1.96. The van der Waals surface area contributed by atoms with Gasteiger partial charge < -0.3 is 15.3 Å². The van der Waals surface area contributed by atoms with Crippen LogP contribution < -0.4 is 10.2 Å². The molecule has 2 atom stereocenters. The van der Waals surface area contributed by atoms with Crippen LogP contribution in [0.15, 0.2) is 18.3 Å². The summed E-state index contributed by atoms with van der Waals surface area (Å²) in [6.45, 7) is 7.25. The quantitative estimate of drug-likeness (QED) is 0.788. The number of rotatable bonds is 6. The minimum atomic E-state index is 0.105. The summed E-state index contributed by atoms with van der Waals surface area (Å²) in [4.78, 5) is 6.47. The lowest BCUT2D eigenvalue weighted by molar-refractivity contribution is 0.270. The van der Waals surface area contributed by atoms with Gasteiger partial charge in [-0.15, -0.1) is 0 Å². The van der Waals surface area contributed by atoms with Crippen LogP contribution >= 0.6 is 0 Å². The highest BCUT2D eigenvalue weighted by Gasteiger charge is 2.10. The van der Waals surface area contributed by atoms with Crippen LogP contribution in [0.5, 0.6) is 0 Å². The summed E-state index contributed by atoms with van der Waals surface area (Å²) in [5.41, 5.74) is 2.07. The highest BCUT2D eigenvalue weighted by atomic mass is 16.3. The topological polar surface area (TPSA) is 48.4 Å². The average molecular weight is 237 g/mol. The largest absolute Gasteiger partial charge is 0.394 e. The van der Waals surface area contributed by atoms with E-state index in [2.05, 4.69) is 24.1 Å². The number of aliphatic hydroxyl groups excluding tert-OH is 1. The second-order valence-electron chi connectivity index (χ2n) is 4.36. The van der Waals surface area contributed by atoms with Crippen LogP contribution in [0, 0.1) is 0 Å². The molecule has 2 N–H and O–H groups in total. The summed E-state index contributed by atoms with van der Waals surface area (Å²) >= 11 is 0. The number of aliphatic hydroxyl groups is 1. The molecule has 4 nitrogen and oxygen atoms in total. The van der Waals surface area contributed by atoms with Gasteiger partial charge in [0.15, 0.2) is 0 Å². The maximum atomic E-state index is 9.11. The third kappa shape index (κ3) is 3.68. The number of anilines is 1. The zero-order chi connectivity index (χ0) is 12.8. The monoisotopic (exact) mass is 237 g/mol. The van der Waals surface area contributed by atoms with Crippen molar-refractivity contribution in [1.82, 2.24) is 10.3 Å². The Morgan fingerprint density at radius 2 is 2.12 bits per heavy atom. The van der Waals surface area contributed by atoms with Crippen molar-refractivity contribution < 1.29 is 5.11 Å². The van der Waals surface area contributed by atoms with Crippen molar-refractivity contribution in [2.75, 3.05) is 25.1 Å². The van der Waals surface area contributed by atoms with E-state index in [9.17, 15) is 0 Å². The average Bonchev–Trinajstić information content (AvgIpc) is 2.37. The highest BCUT2D eigenvalue weighted by molar-refractivity contribution is 5.44. The number of nitrogens with zero attached hydrogens (tertiary/aromatic N) is 2. The molecule has 0 saturated heterocycles. The molecule has 1 heterocycles. The summed E-state index contributed by atoms with van der Waals surface area (Å²) in [6, 6.07) is 4.45. The van der Waals surface area contributed by atoms with Gasteiger partial charge in [-0.05, 0) is 32.5 Å². The molecular weight excluding hydrogens is 214 g/mol. The molecule has 1 aromatic rings. The van der Waals surface area contributed by atoms with Crippen LogP contribution in [-0.4, -0.2) is 36.3 Å². The van der Waals surface area contributed by atoms with E-state index >= 15 is 0 Å². The molecule has 0 aliphatic heterocycles. The van der Waals surface area contributed by atoms with Gasteiger partial charge in [-0.1, -0.05) is 6.92 Å². The molecule has 0 aliphatic rings. The molecule has 0 spiro atoms. The normalized spacial score (nSPS) is 14.4. The van der Waals surface area contributed by atoms with Crippen molar-refractivity contribution in [1.29, 1.82) is 0 Å². The second kappa shape index (κ2) is 6.57. The van der Waals surface area contributed by atoms with E-state index in [0.717, 1.165) is 17.9 Å². The van der Waals surface area contributed by atoms with Crippen LogP contribution in [0.25, 0.3) is 0 Å². The molecule has 0 aromatic carbocycles. The molecule has 17 heavy (non-hydrogen) atoms. The van der Waals surface area contributed by atoms with E-state index in [1.165, 1.54) is 0 Å². The summed E-state index contributed by atoms with van der Waals surface area (Å²) in [5.74, 6) is 0. The molecule has 4 heteroatoms. The zero-order valence-corrected chi connectivity index (χ0v) is 11.1. The Labute approximate surface area is 104 Å². The van der Waals surface area contributed by atoms with Gasteiger partial charge in [0.1, 0.15) is 0 Å². The van der Waals surface area contributed by atoms with Crippen LogP contribution in [0.2, 0.25) is 0 Å². The third-order valence-corrected chi connectivity index (χ3v) is 3.06. The van der Waals surface area contributed by atoms with Gasteiger partial charge in [-0.2, -0.15) is 0 Å². The Morgan fingerprint density at radius 3 is 2.59 bits per heavy atom. The lowest BCUT2D eigenvalue weighted by Gasteiger charge is -2.25. The smallest absolute Gasteiger partial charge is 0.0632 e. The van der Waals surface area contributed by atoms with Gasteiger partial charge in [-0.25, -0.2) is 0 Å². The number of nitrogens with one attached hydrogen (secondary N) is 1. The van der Waals surface area contributed by atoms with E-state index in [4.69, 9.17) is 5.11 Å². The van der Waals surface area contributed by atoms with Crippen molar-refractivity contribution in [3.05, 3.63) is 24.0 Å². The molecule has 2 unspecified atom stereocenters. The van der Waals surface area contributed by atoms with Crippen molar-refractivity contribution in [3.63, 3.8) is 0 Å². The Morgan fingerprint density at radius 1 is 1.41 bits per heavy atom. The highest BCUT2D eigenvalue weighted by Crippen LogP contribution is 2.16. The second-order valence-corrected chi connectivity index (χ2v) is 4.36. The number of aromatic nitrogens is 1. The SMILES string of the molecule is CCNC(C)c1ccc(N(C)C(C)CO)cn1. The fourth-order valence-electron chi connectivity index (χ4n) is 1.65. The van der Waals surface area contributed by atoms with Gasteiger partial charge in [0.25, 0.3) is 0 Å². The van der Waals surface area contributed by atoms with Crippen molar-refractivity contribution in [2.24, 2.45) is 0 Å². The Balaban J connectivity index is 2.73. The van der Waals surface area contributed by atoms with Crippen molar-refractivity contribution in [3.8, 4) is 0 Å². The molecule has 96 valence electrons. The van der Waals surface area contributed by atoms with Gasteiger partial charge >= 0.3 is 0 Å². The van der Waals surface area contributed by atoms with E-state index in [0.29, 0.717) is 0 Å². The number of hydrogen-bond donors (Lipinski definition) is 2.